The molecule has 0 radical (unpaired) electrons. The third-order valence-electron chi connectivity index (χ3n) is 2.61. The number of ether oxygens (including phenoxy) is 1. The lowest BCUT2D eigenvalue weighted by molar-refractivity contribution is -0.141. The van der Waals surface area contributed by atoms with Crippen LogP contribution < -0.4 is 10.1 Å². The summed E-state index contributed by atoms with van der Waals surface area (Å²) in [6.07, 6.45) is -0.0850. The maximum Gasteiger partial charge on any atom is 0.326 e. The van der Waals surface area contributed by atoms with Gasteiger partial charge in [0.15, 0.2) is 0 Å². The molecule has 0 aromatic heterocycles. The molecule has 0 aliphatic carbocycles. The molecule has 0 spiro atoms. The van der Waals surface area contributed by atoms with E-state index in [-0.39, 0.29) is 17.1 Å². The van der Waals surface area contributed by atoms with Crippen molar-refractivity contribution in [2.75, 3.05) is 7.11 Å². The van der Waals surface area contributed by atoms with Crippen molar-refractivity contribution in [3.8, 4) is 5.75 Å². The van der Waals surface area contributed by atoms with E-state index in [1.807, 2.05) is 0 Å². The van der Waals surface area contributed by atoms with Gasteiger partial charge in [0.2, 0.25) is 5.91 Å². The number of benzene rings is 1. The molecule has 9 heteroatoms. The molecule has 2 N–H and O–H groups in total. The van der Waals surface area contributed by atoms with E-state index in [4.69, 9.17) is 20.5 Å². The molecular formula is C12H14ClNO6S. The van der Waals surface area contributed by atoms with Crippen molar-refractivity contribution in [2.45, 2.75) is 24.3 Å². The molecular weight excluding hydrogens is 322 g/mol. The summed E-state index contributed by atoms with van der Waals surface area (Å²) < 4.78 is 27.8. The molecule has 7 nitrogen and oxygen atoms in total. The van der Waals surface area contributed by atoms with Crippen LogP contribution in [0.5, 0.6) is 5.75 Å². The van der Waals surface area contributed by atoms with E-state index >= 15 is 0 Å². The van der Waals surface area contributed by atoms with Gasteiger partial charge in [-0.3, -0.25) is 4.79 Å². The van der Waals surface area contributed by atoms with Crippen molar-refractivity contribution < 1.29 is 27.9 Å². The van der Waals surface area contributed by atoms with Crippen molar-refractivity contribution in [1.29, 1.82) is 0 Å². The Bertz CT molecular complexity index is 658. The second-order valence-corrected chi connectivity index (χ2v) is 6.75. The standard InChI is InChI=1S/C12H14ClNO6S/c1-7(15)14-9(12(16)17)5-8-3-4-10(20-2)11(6-8)21(13,18)19/h3-4,6,9H,5H2,1-2H3,(H,14,15)(H,16,17)/t9-/m0/s1. The van der Waals surface area contributed by atoms with Gasteiger partial charge in [-0.05, 0) is 17.7 Å². The average Bonchev–Trinajstić information content (AvgIpc) is 2.36. The van der Waals surface area contributed by atoms with Crippen LogP contribution in [-0.4, -0.2) is 38.6 Å². The van der Waals surface area contributed by atoms with Crippen LogP contribution in [0, 0.1) is 0 Å². The monoisotopic (exact) mass is 335 g/mol. The number of carbonyl (C=O) groups excluding carboxylic acids is 1. The first-order valence-electron chi connectivity index (χ1n) is 5.76. The van der Waals surface area contributed by atoms with Gasteiger partial charge in [-0.25, -0.2) is 13.2 Å². The Balaban J connectivity index is 3.14. The number of carbonyl (C=O) groups is 2. The molecule has 0 bridgehead atoms. The topological polar surface area (TPSA) is 110 Å². The van der Waals surface area contributed by atoms with E-state index in [0.29, 0.717) is 5.56 Å². The molecule has 0 aliphatic rings. The number of hydrogen-bond acceptors (Lipinski definition) is 5. The number of aliphatic carboxylic acids is 1. The van der Waals surface area contributed by atoms with Crippen LogP contribution in [0.3, 0.4) is 0 Å². The smallest absolute Gasteiger partial charge is 0.326 e. The number of methoxy groups -OCH3 is 1. The lowest BCUT2D eigenvalue weighted by atomic mass is 10.1. The van der Waals surface area contributed by atoms with Crippen LogP contribution in [0.1, 0.15) is 12.5 Å². The van der Waals surface area contributed by atoms with Gasteiger partial charge in [0.25, 0.3) is 9.05 Å². The van der Waals surface area contributed by atoms with Gasteiger partial charge < -0.3 is 15.2 Å². The van der Waals surface area contributed by atoms with Gasteiger partial charge in [-0.2, -0.15) is 0 Å². The highest BCUT2D eigenvalue weighted by atomic mass is 35.7. The molecule has 116 valence electrons. The fraction of sp³-hybridized carbons (Fsp3) is 0.333. The Kier molecular flexibility index (Phi) is 5.56. The molecule has 1 atom stereocenters. The summed E-state index contributed by atoms with van der Waals surface area (Å²) in [5, 5.41) is 11.3. The first-order valence-corrected chi connectivity index (χ1v) is 8.07. The third-order valence-corrected chi connectivity index (χ3v) is 3.95. The first-order chi connectivity index (χ1) is 9.65. The van der Waals surface area contributed by atoms with Gasteiger partial charge in [-0.15, -0.1) is 0 Å². The minimum Gasteiger partial charge on any atom is -0.495 e. The zero-order valence-electron chi connectivity index (χ0n) is 11.3. The summed E-state index contributed by atoms with van der Waals surface area (Å²) in [5.74, 6) is -1.67. The second kappa shape index (κ2) is 6.77. The van der Waals surface area contributed by atoms with Crippen molar-refractivity contribution in [3.05, 3.63) is 23.8 Å². The van der Waals surface area contributed by atoms with Crippen LogP contribution in [0.2, 0.25) is 0 Å². The Hall–Kier alpha value is -1.80. The molecule has 1 rings (SSSR count). The Morgan fingerprint density at radius 2 is 2.05 bits per heavy atom. The predicted molar refractivity (Wildman–Crippen MR) is 75.0 cm³/mol. The number of carboxylic acids is 1. The highest BCUT2D eigenvalue weighted by molar-refractivity contribution is 8.13. The first kappa shape index (κ1) is 17.3. The minimum atomic E-state index is -4.03. The maximum atomic E-state index is 11.5. The molecule has 1 aromatic rings. The Labute approximate surface area is 126 Å². The van der Waals surface area contributed by atoms with E-state index in [9.17, 15) is 18.0 Å². The Morgan fingerprint density at radius 3 is 2.48 bits per heavy atom. The number of carboxylic acid groups (broad SMARTS) is 1. The summed E-state index contributed by atoms with van der Waals surface area (Å²) >= 11 is 0. The number of amides is 1. The van der Waals surface area contributed by atoms with Crippen LogP contribution in [0.15, 0.2) is 23.1 Å². The Morgan fingerprint density at radius 1 is 1.43 bits per heavy atom. The van der Waals surface area contributed by atoms with Gasteiger partial charge in [-0.1, -0.05) is 6.07 Å². The zero-order chi connectivity index (χ0) is 16.2. The summed E-state index contributed by atoms with van der Waals surface area (Å²) in [6.45, 7) is 1.19. The molecule has 0 fully saturated rings. The fourth-order valence-corrected chi connectivity index (χ4v) is 2.77. The van der Waals surface area contributed by atoms with Crippen LogP contribution in [-0.2, 0) is 25.1 Å². The van der Waals surface area contributed by atoms with E-state index < -0.39 is 27.0 Å². The summed E-state index contributed by atoms with van der Waals surface area (Å²) in [5.41, 5.74) is 0.385. The molecule has 0 saturated heterocycles. The van der Waals surface area contributed by atoms with Crippen LogP contribution in [0.4, 0.5) is 0 Å². The minimum absolute atomic E-state index is 0.0557. The lowest BCUT2D eigenvalue weighted by Crippen LogP contribution is -2.41. The molecule has 0 unspecified atom stereocenters. The summed E-state index contributed by atoms with van der Waals surface area (Å²) in [4.78, 5) is 21.8. The normalized spacial score (nSPS) is 12.5. The fourth-order valence-electron chi connectivity index (χ4n) is 1.72. The predicted octanol–water partition coefficient (Wildman–Crippen LogP) is 0.754. The summed E-state index contributed by atoms with van der Waals surface area (Å²) in [6, 6.07) is 2.93. The molecule has 21 heavy (non-hydrogen) atoms. The number of rotatable bonds is 6. The highest BCUT2D eigenvalue weighted by Crippen LogP contribution is 2.28. The number of hydrogen-bond donors (Lipinski definition) is 2. The van der Waals surface area contributed by atoms with Gasteiger partial charge in [0.05, 0.1) is 7.11 Å². The van der Waals surface area contributed by atoms with E-state index in [0.717, 1.165) is 0 Å². The van der Waals surface area contributed by atoms with Crippen molar-refractivity contribution >= 4 is 31.6 Å². The van der Waals surface area contributed by atoms with E-state index in [1.165, 1.54) is 32.2 Å². The maximum absolute atomic E-state index is 11.5. The zero-order valence-corrected chi connectivity index (χ0v) is 12.9. The molecule has 1 aromatic carbocycles. The highest BCUT2D eigenvalue weighted by Gasteiger charge is 2.22. The van der Waals surface area contributed by atoms with Gasteiger partial charge >= 0.3 is 5.97 Å². The lowest BCUT2D eigenvalue weighted by Gasteiger charge is -2.14. The van der Waals surface area contributed by atoms with Crippen molar-refractivity contribution in [1.82, 2.24) is 5.32 Å². The molecule has 0 saturated carbocycles. The molecule has 0 heterocycles. The third kappa shape index (κ3) is 4.91. The van der Waals surface area contributed by atoms with Crippen LogP contribution in [0.25, 0.3) is 0 Å². The van der Waals surface area contributed by atoms with Gasteiger partial charge in [0, 0.05) is 24.0 Å². The van der Waals surface area contributed by atoms with Crippen molar-refractivity contribution in [2.24, 2.45) is 0 Å². The SMILES string of the molecule is COc1ccc(C[C@H](NC(C)=O)C(=O)O)cc1S(=O)(=O)Cl. The van der Waals surface area contributed by atoms with Crippen molar-refractivity contribution in [3.63, 3.8) is 0 Å². The molecule has 1 amide bonds. The average molecular weight is 336 g/mol. The quantitative estimate of drug-likeness (QED) is 0.742. The second-order valence-electron chi connectivity index (χ2n) is 4.22. The number of nitrogens with one attached hydrogen (secondary N) is 1. The summed E-state index contributed by atoms with van der Waals surface area (Å²) in [7, 11) is 2.56. The van der Waals surface area contributed by atoms with E-state index in [2.05, 4.69) is 5.32 Å². The molecule has 0 aliphatic heterocycles. The largest absolute Gasteiger partial charge is 0.495 e. The van der Waals surface area contributed by atoms with Gasteiger partial charge in [0.1, 0.15) is 16.7 Å². The van der Waals surface area contributed by atoms with Crippen LogP contribution >= 0.6 is 10.7 Å². The number of halogens is 1. The van der Waals surface area contributed by atoms with E-state index in [1.54, 1.807) is 0 Å².